The van der Waals surface area contributed by atoms with E-state index in [0.29, 0.717) is 11.4 Å². The highest BCUT2D eigenvalue weighted by atomic mass is 35.5. The van der Waals surface area contributed by atoms with Gasteiger partial charge in [0.15, 0.2) is 0 Å². The number of rotatable bonds is 2. The van der Waals surface area contributed by atoms with E-state index < -0.39 is 0 Å². The molecule has 0 saturated carbocycles. The lowest BCUT2D eigenvalue weighted by molar-refractivity contribution is -0.118. The molecule has 0 fully saturated rings. The van der Waals surface area contributed by atoms with Crippen LogP contribution in [-0.2, 0) is 17.8 Å². The van der Waals surface area contributed by atoms with E-state index in [2.05, 4.69) is 22.8 Å². The summed E-state index contributed by atoms with van der Waals surface area (Å²) >= 11 is 5.91. The molecule has 1 heterocycles. The first kappa shape index (κ1) is 13.2. The van der Waals surface area contributed by atoms with Gasteiger partial charge in [0, 0.05) is 17.3 Å². The number of fused-ring (bicyclic) bond motifs is 1. The molecular weight excluding hydrogens is 272 g/mol. The fourth-order valence-electron chi connectivity index (χ4n) is 2.44. The Labute approximate surface area is 123 Å². The highest BCUT2D eigenvalue weighted by Gasteiger charge is 2.23. The second kappa shape index (κ2) is 5.65. The molecule has 0 aromatic heterocycles. The van der Waals surface area contributed by atoms with Crippen molar-refractivity contribution in [2.75, 3.05) is 5.32 Å². The molecule has 102 valence electrons. The molecule has 1 aliphatic heterocycles. The smallest absolute Gasteiger partial charge is 0.241 e. The lowest BCUT2D eigenvalue weighted by Crippen LogP contribution is -2.44. The molecule has 0 saturated heterocycles. The van der Waals surface area contributed by atoms with Crippen molar-refractivity contribution in [1.29, 1.82) is 0 Å². The largest absolute Gasteiger partial charge is 0.325 e. The molecular formula is C16H15ClN2O. The van der Waals surface area contributed by atoms with Crippen molar-refractivity contribution in [3.8, 4) is 0 Å². The Hall–Kier alpha value is -1.84. The maximum atomic E-state index is 12.3. The summed E-state index contributed by atoms with van der Waals surface area (Å²) in [5.41, 5.74) is 3.22. The van der Waals surface area contributed by atoms with Crippen LogP contribution in [0.2, 0.25) is 5.02 Å². The van der Waals surface area contributed by atoms with E-state index in [4.69, 9.17) is 11.6 Å². The second-order valence-electron chi connectivity index (χ2n) is 4.91. The Morgan fingerprint density at radius 1 is 1.15 bits per heavy atom. The minimum atomic E-state index is -0.205. The lowest BCUT2D eigenvalue weighted by atomic mass is 9.95. The number of hydrogen-bond acceptors (Lipinski definition) is 2. The Morgan fingerprint density at radius 2 is 1.95 bits per heavy atom. The molecule has 1 aliphatic rings. The zero-order valence-corrected chi connectivity index (χ0v) is 11.7. The van der Waals surface area contributed by atoms with Crippen LogP contribution in [-0.4, -0.2) is 11.9 Å². The first-order valence-corrected chi connectivity index (χ1v) is 6.97. The maximum Gasteiger partial charge on any atom is 0.241 e. The van der Waals surface area contributed by atoms with Crippen LogP contribution in [0.3, 0.4) is 0 Å². The van der Waals surface area contributed by atoms with Gasteiger partial charge in [-0.2, -0.15) is 0 Å². The molecule has 2 aromatic carbocycles. The standard InChI is InChI=1S/C16H15ClN2O/c17-13-6-3-7-14(9-13)19-16(20)15-8-11-4-1-2-5-12(11)10-18-15/h1-7,9,15,18H,8,10H2,(H,19,20)/t15-/m0/s1. The molecule has 3 nitrogen and oxygen atoms in total. The predicted molar refractivity (Wildman–Crippen MR) is 80.9 cm³/mol. The van der Waals surface area contributed by atoms with Crippen LogP contribution in [0, 0.1) is 0 Å². The van der Waals surface area contributed by atoms with Gasteiger partial charge in [-0.1, -0.05) is 41.9 Å². The predicted octanol–water partition coefficient (Wildman–Crippen LogP) is 2.99. The van der Waals surface area contributed by atoms with Gasteiger partial charge in [0.05, 0.1) is 6.04 Å². The Morgan fingerprint density at radius 3 is 2.75 bits per heavy atom. The van der Waals surface area contributed by atoms with Crippen molar-refractivity contribution < 1.29 is 4.79 Å². The molecule has 0 aliphatic carbocycles. The highest BCUT2D eigenvalue weighted by Crippen LogP contribution is 2.19. The molecule has 1 atom stereocenters. The average Bonchev–Trinajstić information content (AvgIpc) is 2.47. The van der Waals surface area contributed by atoms with Gasteiger partial charge in [-0.25, -0.2) is 0 Å². The van der Waals surface area contributed by atoms with Gasteiger partial charge in [-0.05, 0) is 35.7 Å². The van der Waals surface area contributed by atoms with Crippen molar-refractivity contribution in [2.45, 2.75) is 19.0 Å². The van der Waals surface area contributed by atoms with Crippen molar-refractivity contribution in [3.63, 3.8) is 0 Å². The van der Waals surface area contributed by atoms with Gasteiger partial charge >= 0.3 is 0 Å². The van der Waals surface area contributed by atoms with Crippen LogP contribution in [0.4, 0.5) is 5.69 Å². The van der Waals surface area contributed by atoms with Gasteiger partial charge in [0.25, 0.3) is 0 Å². The van der Waals surface area contributed by atoms with Gasteiger partial charge in [-0.3, -0.25) is 4.79 Å². The monoisotopic (exact) mass is 286 g/mol. The van der Waals surface area contributed by atoms with Crippen LogP contribution >= 0.6 is 11.6 Å². The molecule has 0 unspecified atom stereocenters. The SMILES string of the molecule is O=C(Nc1cccc(Cl)c1)[C@@H]1Cc2ccccc2CN1. The molecule has 0 spiro atoms. The minimum absolute atomic E-state index is 0.0261. The summed E-state index contributed by atoms with van der Waals surface area (Å²) in [4.78, 5) is 12.3. The number of nitrogens with one attached hydrogen (secondary N) is 2. The van der Waals surface area contributed by atoms with Gasteiger partial charge in [-0.15, -0.1) is 0 Å². The number of amides is 1. The topological polar surface area (TPSA) is 41.1 Å². The number of halogens is 1. The van der Waals surface area contributed by atoms with Crippen LogP contribution in [0.25, 0.3) is 0 Å². The Balaban J connectivity index is 1.70. The molecule has 2 aromatic rings. The van der Waals surface area contributed by atoms with Crippen molar-refractivity contribution in [3.05, 3.63) is 64.7 Å². The summed E-state index contributed by atoms with van der Waals surface area (Å²) < 4.78 is 0. The first-order chi connectivity index (χ1) is 9.72. The average molecular weight is 287 g/mol. The summed E-state index contributed by atoms with van der Waals surface area (Å²) in [6, 6.07) is 15.2. The van der Waals surface area contributed by atoms with E-state index in [-0.39, 0.29) is 11.9 Å². The summed E-state index contributed by atoms with van der Waals surface area (Å²) in [6.07, 6.45) is 0.711. The first-order valence-electron chi connectivity index (χ1n) is 6.59. The van der Waals surface area contributed by atoms with E-state index in [1.54, 1.807) is 12.1 Å². The molecule has 2 N–H and O–H groups in total. The maximum absolute atomic E-state index is 12.3. The normalized spacial score (nSPS) is 17.4. The minimum Gasteiger partial charge on any atom is -0.325 e. The number of benzene rings is 2. The number of carbonyl (C=O) groups is 1. The van der Waals surface area contributed by atoms with E-state index >= 15 is 0 Å². The molecule has 0 radical (unpaired) electrons. The van der Waals surface area contributed by atoms with Crippen LogP contribution in [0.5, 0.6) is 0 Å². The number of anilines is 1. The molecule has 1 amide bonds. The van der Waals surface area contributed by atoms with Crippen molar-refractivity contribution >= 4 is 23.2 Å². The third-order valence-corrected chi connectivity index (χ3v) is 3.73. The van der Waals surface area contributed by atoms with Crippen LogP contribution in [0.15, 0.2) is 48.5 Å². The Kier molecular flexibility index (Phi) is 3.72. The fraction of sp³-hybridized carbons (Fsp3) is 0.188. The van der Waals surface area contributed by atoms with Gasteiger partial charge < -0.3 is 10.6 Å². The third kappa shape index (κ3) is 2.84. The zero-order valence-electron chi connectivity index (χ0n) is 10.9. The van der Waals surface area contributed by atoms with Gasteiger partial charge in [0.1, 0.15) is 0 Å². The summed E-state index contributed by atoms with van der Waals surface area (Å²) in [6.45, 7) is 0.726. The summed E-state index contributed by atoms with van der Waals surface area (Å²) in [5, 5.41) is 6.78. The van der Waals surface area contributed by atoms with Crippen LogP contribution < -0.4 is 10.6 Å². The van der Waals surface area contributed by atoms with E-state index in [1.165, 1.54) is 11.1 Å². The van der Waals surface area contributed by atoms with E-state index in [0.717, 1.165) is 12.2 Å². The second-order valence-corrected chi connectivity index (χ2v) is 5.34. The fourth-order valence-corrected chi connectivity index (χ4v) is 2.63. The molecule has 4 heteroatoms. The summed E-state index contributed by atoms with van der Waals surface area (Å²) in [7, 11) is 0. The summed E-state index contributed by atoms with van der Waals surface area (Å²) in [5.74, 6) is -0.0261. The van der Waals surface area contributed by atoms with Crippen molar-refractivity contribution in [2.24, 2.45) is 0 Å². The van der Waals surface area contributed by atoms with Gasteiger partial charge in [0.2, 0.25) is 5.91 Å². The Bertz CT molecular complexity index is 642. The quantitative estimate of drug-likeness (QED) is 0.891. The zero-order chi connectivity index (χ0) is 13.9. The van der Waals surface area contributed by atoms with Crippen molar-refractivity contribution in [1.82, 2.24) is 5.32 Å². The molecule has 0 bridgehead atoms. The molecule has 20 heavy (non-hydrogen) atoms. The van der Waals surface area contributed by atoms with E-state index in [1.807, 2.05) is 24.3 Å². The van der Waals surface area contributed by atoms with Crippen LogP contribution in [0.1, 0.15) is 11.1 Å². The highest BCUT2D eigenvalue weighted by molar-refractivity contribution is 6.30. The number of carbonyl (C=O) groups excluding carboxylic acids is 1. The molecule has 3 rings (SSSR count). The van der Waals surface area contributed by atoms with E-state index in [9.17, 15) is 4.79 Å². The third-order valence-electron chi connectivity index (χ3n) is 3.49. The lowest BCUT2D eigenvalue weighted by Gasteiger charge is -2.25. The number of hydrogen-bond donors (Lipinski definition) is 2.